The van der Waals surface area contributed by atoms with Gasteiger partial charge in [0.1, 0.15) is 23.7 Å². The zero-order valence-electron chi connectivity index (χ0n) is 19.2. The molecule has 0 fully saturated rings. The average molecular weight is 532 g/mol. The topological polar surface area (TPSA) is 76.4 Å². The number of ether oxygens (including phenoxy) is 1. The first-order chi connectivity index (χ1) is 17.9. The molecule has 0 atom stereocenters. The molecule has 4 aromatic carbocycles. The van der Waals surface area contributed by atoms with Crippen molar-refractivity contribution in [1.29, 1.82) is 0 Å². The Kier molecular flexibility index (Phi) is 7.11. The summed E-state index contributed by atoms with van der Waals surface area (Å²) in [5, 5.41) is 5.95. The van der Waals surface area contributed by atoms with Crippen molar-refractivity contribution in [3.05, 3.63) is 113 Å². The maximum Gasteiger partial charge on any atom is 0.257 e. The molecule has 5 rings (SSSR count). The standard InChI is InChI=1S/C28H19ClFN3O3S/c29-23-14-19(30)8-12-22(23)27-32-24-15-20(9-13-25(24)36-27)31-28(37)33-26(34)18-6-10-21(11-7-18)35-16-17-4-2-1-3-5-17/h1-15H,16H2,(H2,31,33,34,37). The summed E-state index contributed by atoms with van der Waals surface area (Å²) in [6, 6.07) is 25.8. The summed E-state index contributed by atoms with van der Waals surface area (Å²) in [6.07, 6.45) is 0. The van der Waals surface area contributed by atoms with Crippen LogP contribution in [0.2, 0.25) is 5.02 Å². The smallest absolute Gasteiger partial charge is 0.257 e. The number of nitrogens with zero attached hydrogens (tertiary/aromatic N) is 1. The van der Waals surface area contributed by atoms with Gasteiger partial charge in [-0.2, -0.15) is 0 Å². The fraction of sp³-hybridized carbons (Fsp3) is 0.0357. The highest BCUT2D eigenvalue weighted by molar-refractivity contribution is 7.80. The average Bonchev–Trinajstić information content (AvgIpc) is 3.31. The Labute approximate surface area is 222 Å². The number of hydrogen-bond donors (Lipinski definition) is 2. The summed E-state index contributed by atoms with van der Waals surface area (Å²) < 4.78 is 24.9. The van der Waals surface area contributed by atoms with Gasteiger partial charge in [0.05, 0.1) is 10.6 Å². The van der Waals surface area contributed by atoms with E-state index in [0.717, 1.165) is 5.56 Å². The molecule has 2 N–H and O–H groups in total. The summed E-state index contributed by atoms with van der Waals surface area (Å²) >= 11 is 11.4. The molecule has 1 heterocycles. The van der Waals surface area contributed by atoms with Crippen LogP contribution in [0.15, 0.2) is 95.4 Å². The molecular formula is C28H19ClFN3O3S. The third-order valence-corrected chi connectivity index (χ3v) is 5.92. The Bertz CT molecular complexity index is 1590. The van der Waals surface area contributed by atoms with Gasteiger partial charge in [0.2, 0.25) is 5.89 Å². The molecule has 0 bridgehead atoms. The SMILES string of the molecule is O=C(NC(=S)Nc1ccc2oc(-c3ccc(F)cc3Cl)nc2c1)c1ccc(OCc2ccccc2)cc1. The molecule has 0 aliphatic rings. The Balaban J connectivity index is 1.20. The molecule has 37 heavy (non-hydrogen) atoms. The normalized spacial score (nSPS) is 10.8. The highest BCUT2D eigenvalue weighted by Gasteiger charge is 2.14. The number of hydrogen-bond acceptors (Lipinski definition) is 5. The van der Waals surface area contributed by atoms with E-state index in [1.54, 1.807) is 42.5 Å². The van der Waals surface area contributed by atoms with Crippen molar-refractivity contribution < 1.29 is 18.3 Å². The van der Waals surface area contributed by atoms with E-state index in [1.807, 2.05) is 30.3 Å². The van der Waals surface area contributed by atoms with Crippen LogP contribution >= 0.6 is 23.8 Å². The van der Waals surface area contributed by atoms with E-state index in [4.69, 9.17) is 33.0 Å². The Hall–Kier alpha value is -4.27. The number of carbonyl (C=O) groups is 1. The van der Waals surface area contributed by atoms with Crippen molar-refractivity contribution >= 4 is 51.6 Å². The second kappa shape index (κ2) is 10.8. The first-order valence-corrected chi connectivity index (χ1v) is 12.0. The predicted molar refractivity (Wildman–Crippen MR) is 145 cm³/mol. The van der Waals surface area contributed by atoms with Crippen molar-refractivity contribution in [3.8, 4) is 17.2 Å². The van der Waals surface area contributed by atoms with Crippen LogP contribution in [0.4, 0.5) is 10.1 Å². The van der Waals surface area contributed by atoms with Gasteiger partial charge in [0.15, 0.2) is 10.7 Å². The minimum Gasteiger partial charge on any atom is -0.489 e. The van der Waals surface area contributed by atoms with Gasteiger partial charge < -0.3 is 14.5 Å². The third-order valence-electron chi connectivity index (χ3n) is 5.40. The van der Waals surface area contributed by atoms with Crippen LogP contribution in [-0.2, 0) is 6.61 Å². The number of carbonyl (C=O) groups excluding carboxylic acids is 1. The maximum atomic E-state index is 13.4. The zero-order valence-corrected chi connectivity index (χ0v) is 20.8. The van der Waals surface area contributed by atoms with Crippen LogP contribution in [0.1, 0.15) is 15.9 Å². The van der Waals surface area contributed by atoms with Gasteiger partial charge in [0.25, 0.3) is 5.91 Å². The highest BCUT2D eigenvalue weighted by Crippen LogP contribution is 2.31. The Morgan fingerprint density at radius 3 is 2.54 bits per heavy atom. The molecule has 0 radical (unpaired) electrons. The van der Waals surface area contributed by atoms with Gasteiger partial charge in [-0.1, -0.05) is 41.9 Å². The molecular weight excluding hydrogens is 513 g/mol. The number of nitrogens with one attached hydrogen (secondary N) is 2. The molecule has 1 aromatic heterocycles. The van der Waals surface area contributed by atoms with Gasteiger partial charge in [-0.05, 0) is 78.4 Å². The lowest BCUT2D eigenvalue weighted by Gasteiger charge is -2.10. The first kappa shape index (κ1) is 24.4. The third kappa shape index (κ3) is 5.94. The number of aromatic nitrogens is 1. The molecule has 0 spiro atoms. The van der Waals surface area contributed by atoms with Crippen LogP contribution in [0, 0.1) is 5.82 Å². The number of anilines is 1. The largest absolute Gasteiger partial charge is 0.489 e. The molecule has 5 aromatic rings. The second-order valence-corrected chi connectivity index (χ2v) is 8.85. The summed E-state index contributed by atoms with van der Waals surface area (Å²) in [4.78, 5) is 17.1. The lowest BCUT2D eigenvalue weighted by Crippen LogP contribution is -2.34. The van der Waals surface area contributed by atoms with E-state index < -0.39 is 5.82 Å². The van der Waals surface area contributed by atoms with Crippen LogP contribution < -0.4 is 15.4 Å². The molecule has 6 nitrogen and oxygen atoms in total. The molecule has 184 valence electrons. The van der Waals surface area contributed by atoms with Gasteiger partial charge in [-0.15, -0.1) is 0 Å². The van der Waals surface area contributed by atoms with Crippen molar-refractivity contribution in [3.63, 3.8) is 0 Å². The molecule has 9 heteroatoms. The van der Waals surface area contributed by atoms with Crippen molar-refractivity contribution in [1.82, 2.24) is 10.3 Å². The number of oxazole rings is 1. The second-order valence-electron chi connectivity index (χ2n) is 8.03. The lowest BCUT2D eigenvalue weighted by atomic mass is 10.2. The number of rotatable bonds is 6. The van der Waals surface area contributed by atoms with Crippen molar-refractivity contribution in [2.75, 3.05) is 5.32 Å². The Morgan fingerprint density at radius 2 is 1.78 bits per heavy atom. The van der Waals surface area contributed by atoms with Crippen LogP contribution in [-0.4, -0.2) is 16.0 Å². The predicted octanol–water partition coefficient (Wildman–Crippen LogP) is 6.99. The molecule has 0 unspecified atom stereocenters. The molecule has 0 aliphatic carbocycles. The summed E-state index contributed by atoms with van der Waals surface area (Å²) in [5.41, 5.74) is 3.63. The molecule has 0 saturated carbocycles. The monoisotopic (exact) mass is 531 g/mol. The zero-order chi connectivity index (χ0) is 25.8. The number of fused-ring (bicyclic) bond motifs is 1. The summed E-state index contributed by atoms with van der Waals surface area (Å²) in [6.45, 7) is 0.439. The minimum absolute atomic E-state index is 0.124. The van der Waals surface area contributed by atoms with E-state index in [2.05, 4.69) is 15.6 Å². The number of halogens is 2. The molecule has 0 saturated heterocycles. The fourth-order valence-electron chi connectivity index (χ4n) is 3.56. The highest BCUT2D eigenvalue weighted by atomic mass is 35.5. The minimum atomic E-state index is -0.445. The van der Waals surface area contributed by atoms with Gasteiger partial charge in [-0.25, -0.2) is 9.37 Å². The summed E-state index contributed by atoms with van der Waals surface area (Å²) in [5.74, 6) is 0.120. The van der Waals surface area contributed by atoms with Crippen LogP contribution in [0.25, 0.3) is 22.6 Å². The maximum absolute atomic E-state index is 13.4. The number of benzene rings is 4. The fourth-order valence-corrected chi connectivity index (χ4v) is 4.02. The number of amides is 1. The van der Waals surface area contributed by atoms with Gasteiger partial charge >= 0.3 is 0 Å². The van der Waals surface area contributed by atoms with E-state index in [1.165, 1.54) is 18.2 Å². The Morgan fingerprint density at radius 1 is 1.00 bits per heavy atom. The van der Waals surface area contributed by atoms with E-state index >= 15 is 0 Å². The van der Waals surface area contributed by atoms with Crippen LogP contribution in [0.3, 0.4) is 0 Å². The van der Waals surface area contributed by atoms with Crippen molar-refractivity contribution in [2.24, 2.45) is 0 Å². The van der Waals surface area contributed by atoms with E-state index in [0.29, 0.717) is 40.3 Å². The number of thiocarbonyl (C=S) groups is 1. The molecule has 1 amide bonds. The van der Waals surface area contributed by atoms with E-state index in [9.17, 15) is 9.18 Å². The van der Waals surface area contributed by atoms with Gasteiger partial charge in [-0.3, -0.25) is 10.1 Å². The van der Waals surface area contributed by atoms with Gasteiger partial charge in [0, 0.05) is 11.3 Å². The summed E-state index contributed by atoms with van der Waals surface area (Å²) in [7, 11) is 0. The van der Waals surface area contributed by atoms with Crippen LogP contribution in [0.5, 0.6) is 5.75 Å². The van der Waals surface area contributed by atoms with Crippen molar-refractivity contribution in [2.45, 2.75) is 6.61 Å². The molecule has 0 aliphatic heterocycles. The first-order valence-electron chi connectivity index (χ1n) is 11.2. The lowest BCUT2D eigenvalue weighted by molar-refractivity contribution is 0.0977. The quantitative estimate of drug-likeness (QED) is 0.230. The van der Waals surface area contributed by atoms with E-state index in [-0.39, 0.29) is 21.9 Å².